The number of rotatable bonds is 14. The molecule has 0 bridgehead atoms. The number of nitrogens with two attached hydrogens (primary N) is 2. The maximum Gasteiger partial charge on any atom is 0.242 e. The van der Waals surface area contributed by atoms with Gasteiger partial charge in [0.2, 0.25) is 27.7 Å². The second-order valence-electron chi connectivity index (χ2n) is 9.60. The Hall–Kier alpha value is -4.55. The number of nitrogens with one attached hydrogen (secondary N) is 4. The fraction of sp³-hybridized carbons (Fsp3) is 0.241. The standard InChI is InChI=1S/C29H34N6O5S/c1-41(39,40)35-25(17-19-7-11-22(12-8-19)21-5-3-2-4-6-21)29(38)34-24(15-16-26(30)36)28(37)33-18-20-9-13-23(14-10-20)27(31)32/h2-14,24-25,35H,15-18H2,1H3,(H2,30,36)(H3,31,32)(H,33,37)(H,34,38)/t24-,25+/m0/s1. The van der Waals surface area contributed by atoms with Gasteiger partial charge >= 0.3 is 0 Å². The molecule has 0 aliphatic rings. The number of hydrogen-bond donors (Lipinski definition) is 6. The lowest BCUT2D eigenvalue weighted by Gasteiger charge is -2.23. The summed E-state index contributed by atoms with van der Waals surface area (Å²) in [6, 6.07) is 21.4. The van der Waals surface area contributed by atoms with Gasteiger partial charge < -0.3 is 22.1 Å². The molecule has 41 heavy (non-hydrogen) atoms. The Morgan fingerprint density at radius 2 is 1.39 bits per heavy atom. The van der Waals surface area contributed by atoms with Crippen molar-refractivity contribution in [1.82, 2.24) is 15.4 Å². The monoisotopic (exact) mass is 578 g/mol. The molecule has 216 valence electrons. The largest absolute Gasteiger partial charge is 0.384 e. The SMILES string of the molecule is CS(=O)(=O)N[C@H](Cc1ccc(-c2ccccc2)cc1)C(=O)N[C@@H](CCC(N)=O)C(=O)NCc1ccc(C(=N)N)cc1. The molecule has 0 radical (unpaired) electrons. The van der Waals surface area contributed by atoms with Crippen molar-refractivity contribution in [2.45, 2.75) is 37.9 Å². The predicted molar refractivity (Wildman–Crippen MR) is 157 cm³/mol. The fourth-order valence-corrected chi connectivity index (χ4v) is 4.80. The average molecular weight is 579 g/mol. The van der Waals surface area contributed by atoms with E-state index in [1.807, 2.05) is 42.5 Å². The summed E-state index contributed by atoms with van der Waals surface area (Å²) in [5, 5.41) is 12.8. The van der Waals surface area contributed by atoms with E-state index in [0.717, 1.165) is 22.9 Å². The van der Waals surface area contributed by atoms with Gasteiger partial charge in [0.05, 0.1) is 6.26 Å². The van der Waals surface area contributed by atoms with Crippen LogP contribution in [0.25, 0.3) is 11.1 Å². The molecule has 0 saturated heterocycles. The molecule has 3 aromatic rings. The van der Waals surface area contributed by atoms with E-state index in [4.69, 9.17) is 16.9 Å². The van der Waals surface area contributed by atoms with Crippen LogP contribution in [0.2, 0.25) is 0 Å². The van der Waals surface area contributed by atoms with Gasteiger partial charge in [-0.25, -0.2) is 13.1 Å². The molecule has 0 spiro atoms. The minimum atomic E-state index is -3.79. The van der Waals surface area contributed by atoms with Crippen LogP contribution in [-0.2, 0) is 37.4 Å². The summed E-state index contributed by atoms with van der Waals surface area (Å²) >= 11 is 0. The van der Waals surface area contributed by atoms with Crippen LogP contribution in [0.15, 0.2) is 78.9 Å². The highest BCUT2D eigenvalue weighted by atomic mass is 32.2. The van der Waals surface area contributed by atoms with Crippen molar-refractivity contribution in [3.8, 4) is 11.1 Å². The number of primary amides is 1. The number of carbonyl (C=O) groups is 3. The highest BCUT2D eigenvalue weighted by molar-refractivity contribution is 7.88. The van der Waals surface area contributed by atoms with E-state index in [1.165, 1.54) is 0 Å². The first-order valence-electron chi connectivity index (χ1n) is 12.8. The second-order valence-corrected chi connectivity index (χ2v) is 11.4. The molecular weight excluding hydrogens is 544 g/mol. The number of amidine groups is 1. The Kier molecular flexibility index (Phi) is 10.7. The van der Waals surface area contributed by atoms with Gasteiger partial charge in [-0.05, 0) is 35.1 Å². The van der Waals surface area contributed by atoms with Crippen molar-refractivity contribution in [2.75, 3.05) is 6.26 Å². The smallest absolute Gasteiger partial charge is 0.242 e. The van der Waals surface area contributed by atoms with Crippen molar-refractivity contribution >= 4 is 33.6 Å². The lowest BCUT2D eigenvalue weighted by atomic mass is 10.0. The minimum Gasteiger partial charge on any atom is -0.384 e. The molecule has 0 unspecified atom stereocenters. The van der Waals surface area contributed by atoms with Crippen LogP contribution in [-0.4, -0.2) is 50.3 Å². The van der Waals surface area contributed by atoms with E-state index in [-0.39, 0.29) is 31.6 Å². The second kappa shape index (κ2) is 14.2. The van der Waals surface area contributed by atoms with Gasteiger partial charge in [-0.2, -0.15) is 0 Å². The molecule has 0 heterocycles. The third-order valence-corrected chi connectivity index (χ3v) is 6.93. The first-order valence-corrected chi connectivity index (χ1v) is 14.7. The molecule has 2 atom stereocenters. The zero-order chi connectivity index (χ0) is 30.0. The molecule has 0 aliphatic heterocycles. The third-order valence-electron chi connectivity index (χ3n) is 6.22. The van der Waals surface area contributed by atoms with E-state index in [9.17, 15) is 22.8 Å². The molecule has 0 saturated carbocycles. The van der Waals surface area contributed by atoms with Gasteiger partial charge in [0, 0.05) is 18.5 Å². The zero-order valence-corrected chi connectivity index (χ0v) is 23.4. The Bertz CT molecular complexity index is 1480. The van der Waals surface area contributed by atoms with E-state index < -0.39 is 39.8 Å². The Labute approximate surface area is 239 Å². The lowest BCUT2D eigenvalue weighted by molar-refractivity contribution is -0.130. The van der Waals surface area contributed by atoms with Gasteiger partial charge in [0.15, 0.2) is 0 Å². The van der Waals surface area contributed by atoms with Crippen LogP contribution in [0.3, 0.4) is 0 Å². The van der Waals surface area contributed by atoms with E-state index >= 15 is 0 Å². The summed E-state index contributed by atoms with van der Waals surface area (Å²) in [5.41, 5.74) is 14.7. The van der Waals surface area contributed by atoms with Crippen molar-refractivity contribution in [2.24, 2.45) is 11.5 Å². The van der Waals surface area contributed by atoms with Crippen LogP contribution in [0, 0.1) is 5.41 Å². The van der Waals surface area contributed by atoms with Crippen LogP contribution in [0.4, 0.5) is 0 Å². The average Bonchev–Trinajstić information content (AvgIpc) is 2.93. The van der Waals surface area contributed by atoms with Crippen LogP contribution in [0.5, 0.6) is 0 Å². The van der Waals surface area contributed by atoms with E-state index in [0.29, 0.717) is 11.1 Å². The van der Waals surface area contributed by atoms with Gasteiger partial charge in [-0.3, -0.25) is 19.8 Å². The van der Waals surface area contributed by atoms with Crippen LogP contribution < -0.4 is 26.8 Å². The van der Waals surface area contributed by atoms with Crippen molar-refractivity contribution < 1.29 is 22.8 Å². The number of hydrogen-bond acceptors (Lipinski definition) is 6. The molecule has 0 aromatic heterocycles. The minimum absolute atomic E-state index is 0.0284. The molecule has 3 amide bonds. The first-order chi connectivity index (χ1) is 19.4. The molecule has 0 fully saturated rings. The van der Waals surface area contributed by atoms with Gasteiger partial charge in [-0.1, -0.05) is 78.9 Å². The van der Waals surface area contributed by atoms with Gasteiger partial charge in [0.1, 0.15) is 17.9 Å². The molecule has 0 aliphatic carbocycles. The highest BCUT2D eigenvalue weighted by Crippen LogP contribution is 2.20. The van der Waals surface area contributed by atoms with Crippen LogP contribution >= 0.6 is 0 Å². The molecule has 8 N–H and O–H groups in total. The van der Waals surface area contributed by atoms with Gasteiger partial charge in [-0.15, -0.1) is 0 Å². The number of sulfonamides is 1. The maximum absolute atomic E-state index is 13.3. The molecule has 3 rings (SSSR count). The number of nitrogen functional groups attached to an aromatic ring is 1. The number of amides is 3. The number of benzene rings is 3. The Morgan fingerprint density at radius 1 is 0.805 bits per heavy atom. The predicted octanol–water partition coefficient (Wildman–Crippen LogP) is 1.16. The van der Waals surface area contributed by atoms with E-state index in [1.54, 1.807) is 36.4 Å². The summed E-state index contributed by atoms with van der Waals surface area (Å²) in [6.45, 7) is 0.110. The summed E-state index contributed by atoms with van der Waals surface area (Å²) < 4.78 is 26.5. The fourth-order valence-electron chi connectivity index (χ4n) is 4.09. The summed E-state index contributed by atoms with van der Waals surface area (Å²) in [4.78, 5) is 37.7. The molecule has 11 nitrogen and oxygen atoms in total. The molecule has 3 aromatic carbocycles. The first kappa shape index (κ1) is 31.0. The topological polar surface area (TPSA) is 197 Å². The molecule has 12 heteroatoms. The normalized spacial score (nSPS) is 12.6. The number of carbonyl (C=O) groups excluding carboxylic acids is 3. The van der Waals surface area contributed by atoms with E-state index in [2.05, 4.69) is 15.4 Å². The Morgan fingerprint density at radius 3 is 1.95 bits per heavy atom. The lowest BCUT2D eigenvalue weighted by Crippen LogP contribution is -2.54. The van der Waals surface area contributed by atoms with Crippen molar-refractivity contribution in [3.05, 3.63) is 95.6 Å². The zero-order valence-electron chi connectivity index (χ0n) is 22.6. The molecular formula is C29H34N6O5S. The Balaban J connectivity index is 1.72. The van der Waals surface area contributed by atoms with Crippen molar-refractivity contribution in [1.29, 1.82) is 5.41 Å². The third kappa shape index (κ3) is 10.2. The summed E-state index contributed by atoms with van der Waals surface area (Å²) in [5.74, 6) is -2.03. The van der Waals surface area contributed by atoms with Crippen LogP contribution in [0.1, 0.15) is 29.5 Å². The van der Waals surface area contributed by atoms with Gasteiger partial charge in [0.25, 0.3) is 0 Å². The summed E-state index contributed by atoms with van der Waals surface area (Å²) in [6.07, 6.45) is 0.728. The summed E-state index contributed by atoms with van der Waals surface area (Å²) in [7, 11) is -3.79. The maximum atomic E-state index is 13.3. The van der Waals surface area contributed by atoms with Crippen molar-refractivity contribution in [3.63, 3.8) is 0 Å². The highest BCUT2D eigenvalue weighted by Gasteiger charge is 2.28. The quantitative estimate of drug-likeness (QED) is 0.123.